The number of guanidine groups is 1. The van der Waals surface area contributed by atoms with Gasteiger partial charge in [-0.15, -0.1) is 0 Å². The van der Waals surface area contributed by atoms with Crippen LogP contribution in [0.25, 0.3) is 10.9 Å². The number of benzene rings is 2. The molecule has 7 heteroatoms. The van der Waals surface area contributed by atoms with Gasteiger partial charge in [-0.2, -0.15) is 4.99 Å². The van der Waals surface area contributed by atoms with Gasteiger partial charge in [0.1, 0.15) is 5.75 Å². The third kappa shape index (κ3) is 3.75. The van der Waals surface area contributed by atoms with E-state index in [0.717, 1.165) is 22.2 Å². The maximum Gasteiger partial charge on any atom is 0.253 e. The Labute approximate surface area is 149 Å². The zero-order valence-corrected chi connectivity index (χ0v) is 14.5. The zero-order valence-electron chi connectivity index (χ0n) is 13.7. The van der Waals surface area contributed by atoms with E-state index in [1.165, 1.54) is 6.21 Å². The van der Waals surface area contributed by atoms with Crippen molar-refractivity contribution in [2.45, 2.75) is 13.8 Å². The molecule has 6 nitrogen and oxygen atoms in total. The van der Waals surface area contributed by atoms with Crippen molar-refractivity contribution < 1.29 is 5.11 Å². The zero-order chi connectivity index (χ0) is 18.0. The van der Waals surface area contributed by atoms with Gasteiger partial charge in [0.2, 0.25) is 5.96 Å². The molecule has 0 aliphatic carbocycles. The molecule has 3 aromatic rings. The highest BCUT2D eigenvalue weighted by atomic mass is 35.5. The van der Waals surface area contributed by atoms with E-state index in [1.807, 2.05) is 32.0 Å². The number of rotatable bonds is 2. The first-order valence-corrected chi connectivity index (χ1v) is 7.92. The molecule has 0 fully saturated rings. The van der Waals surface area contributed by atoms with E-state index in [1.54, 1.807) is 18.2 Å². The number of nitrogens with zero attached hydrogens (tertiary/aromatic N) is 4. The fourth-order valence-electron chi connectivity index (χ4n) is 2.33. The molecule has 25 heavy (non-hydrogen) atoms. The van der Waals surface area contributed by atoms with E-state index in [0.29, 0.717) is 5.56 Å². The van der Waals surface area contributed by atoms with E-state index in [9.17, 15) is 5.11 Å². The summed E-state index contributed by atoms with van der Waals surface area (Å²) < 4.78 is 0. The lowest BCUT2D eigenvalue weighted by atomic mass is 10.1. The molecule has 3 N–H and O–H groups in total. The summed E-state index contributed by atoms with van der Waals surface area (Å²) in [6, 6.07) is 10.9. The minimum atomic E-state index is -0.0612. The van der Waals surface area contributed by atoms with Crippen LogP contribution in [0.3, 0.4) is 0 Å². The van der Waals surface area contributed by atoms with Crippen molar-refractivity contribution in [2.75, 3.05) is 0 Å². The maximum absolute atomic E-state index is 9.85. The SMILES string of the molecule is Cc1ccc2nc(/N=C(N)/N=C/c3cccc(Cl)c3O)nc(C)c2c1. The van der Waals surface area contributed by atoms with Gasteiger partial charge < -0.3 is 10.8 Å². The lowest BCUT2D eigenvalue weighted by Crippen LogP contribution is -2.08. The highest BCUT2D eigenvalue weighted by Gasteiger charge is 2.05. The Hall–Kier alpha value is -2.99. The number of para-hydroxylation sites is 1. The molecule has 0 saturated carbocycles. The summed E-state index contributed by atoms with van der Waals surface area (Å²) in [6.07, 6.45) is 1.39. The van der Waals surface area contributed by atoms with Crippen LogP contribution >= 0.6 is 11.6 Å². The first kappa shape index (κ1) is 16.9. The van der Waals surface area contributed by atoms with E-state index >= 15 is 0 Å². The second-order valence-electron chi connectivity index (χ2n) is 5.54. The van der Waals surface area contributed by atoms with Crippen LogP contribution in [0.1, 0.15) is 16.8 Å². The predicted molar refractivity (Wildman–Crippen MR) is 101 cm³/mol. The van der Waals surface area contributed by atoms with E-state index in [2.05, 4.69) is 20.0 Å². The molecule has 0 bridgehead atoms. The van der Waals surface area contributed by atoms with Gasteiger partial charge in [-0.3, -0.25) is 0 Å². The number of phenols is 1. The van der Waals surface area contributed by atoms with E-state index in [4.69, 9.17) is 17.3 Å². The van der Waals surface area contributed by atoms with Gasteiger partial charge in [-0.05, 0) is 38.1 Å². The Morgan fingerprint density at radius 1 is 1.20 bits per heavy atom. The number of aromatic hydroxyl groups is 1. The Morgan fingerprint density at radius 2 is 2.00 bits per heavy atom. The van der Waals surface area contributed by atoms with Gasteiger partial charge in [0.05, 0.1) is 16.2 Å². The molecule has 0 radical (unpaired) electrons. The third-order valence-electron chi connectivity index (χ3n) is 3.60. The molecule has 0 atom stereocenters. The standard InChI is InChI=1S/C18H16ClN5O/c1-10-6-7-15-13(8-10)11(2)22-18(23-15)24-17(20)21-9-12-4-3-5-14(19)16(12)25/h3-9,25H,1-2H3,(H2,20,22,23,24)/b21-9+. The molecule has 3 rings (SSSR count). The molecular weight excluding hydrogens is 338 g/mol. The summed E-state index contributed by atoms with van der Waals surface area (Å²) in [7, 11) is 0. The molecule has 0 aliphatic heterocycles. The van der Waals surface area contributed by atoms with Gasteiger partial charge in [-0.1, -0.05) is 29.3 Å². The van der Waals surface area contributed by atoms with Crippen LogP contribution in [0.15, 0.2) is 46.4 Å². The number of phenolic OH excluding ortho intramolecular Hbond substituents is 1. The van der Waals surface area contributed by atoms with Crippen LogP contribution in [-0.2, 0) is 0 Å². The molecule has 0 aliphatic rings. The first-order valence-electron chi connectivity index (χ1n) is 7.55. The van der Waals surface area contributed by atoms with Crippen molar-refractivity contribution >= 4 is 40.6 Å². The largest absolute Gasteiger partial charge is 0.506 e. The summed E-state index contributed by atoms with van der Waals surface area (Å²) in [5.74, 6) is 0.151. The molecule has 126 valence electrons. The summed E-state index contributed by atoms with van der Waals surface area (Å²) in [5.41, 5.74) is 9.01. The van der Waals surface area contributed by atoms with Gasteiger partial charge in [0.15, 0.2) is 0 Å². The van der Waals surface area contributed by atoms with E-state index < -0.39 is 0 Å². The van der Waals surface area contributed by atoms with Gasteiger partial charge in [-0.25, -0.2) is 15.0 Å². The van der Waals surface area contributed by atoms with Gasteiger partial charge in [0.25, 0.3) is 5.95 Å². The molecule has 2 aromatic carbocycles. The number of hydrogen-bond donors (Lipinski definition) is 2. The summed E-state index contributed by atoms with van der Waals surface area (Å²) in [5, 5.41) is 11.1. The number of halogens is 1. The minimum absolute atomic E-state index is 0.0229. The van der Waals surface area contributed by atoms with Crippen LogP contribution in [0, 0.1) is 13.8 Å². The Kier molecular flexibility index (Phi) is 4.63. The molecule has 0 unspecified atom stereocenters. The van der Waals surface area contributed by atoms with Crippen LogP contribution < -0.4 is 5.73 Å². The number of hydrogen-bond acceptors (Lipinski definition) is 4. The molecular formula is C18H16ClN5O. The lowest BCUT2D eigenvalue weighted by molar-refractivity contribution is 0.475. The molecule has 0 spiro atoms. The Morgan fingerprint density at radius 3 is 2.80 bits per heavy atom. The molecule has 1 heterocycles. The lowest BCUT2D eigenvalue weighted by Gasteiger charge is -2.04. The fourth-order valence-corrected chi connectivity index (χ4v) is 2.52. The fraction of sp³-hybridized carbons (Fsp3) is 0.111. The van der Waals surface area contributed by atoms with Crippen LogP contribution in [0.4, 0.5) is 5.95 Å². The van der Waals surface area contributed by atoms with Crippen LogP contribution in [-0.4, -0.2) is 27.2 Å². The summed E-state index contributed by atoms with van der Waals surface area (Å²) >= 11 is 5.85. The monoisotopic (exact) mass is 353 g/mol. The van der Waals surface area contributed by atoms with Crippen molar-refractivity contribution in [3.8, 4) is 5.75 Å². The normalized spacial score (nSPS) is 12.2. The van der Waals surface area contributed by atoms with Crippen LogP contribution in [0.2, 0.25) is 5.02 Å². The second kappa shape index (κ2) is 6.86. The number of aromatic nitrogens is 2. The van der Waals surface area contributed by atoms with Crippen molar-refractivity contribution in [1.82, 2.24) is 9.97 Å². The Balaban J connectivity index is 1.92. The Bertz CT molecular complexity index is 1010. The van der Waals surface area contributed by atoms with Crippen molar-refractivity contribution in [2.24, 2.45) is 15.7 Å². The van der Waals surface area contributed by atoms with Crippen molar-refractivity contribution in [1.29, 1.82) is 0 Å². The summed E-state index contributed by atoms with van der Waals surface area (Å²) in [4.78, 5) is 16.9. The van der Waals surface area contributed by atoms with Crippen molar-refractivity contribution in [3.63, 3.8) is 0 Å². The number of fused-ring (bicyclic) bond motifs is 1. The predicted octanol–water partition coefficient (Wildman–Crippen LogP) is 3.67. The van der Waals surface area contributed by atoms with Gasteiger partial charge in [0, 0.05) is 17.2 Å². The van der Waals surface area contributed by atoms with Crippen LogP contribution in [0.5, 0.6) is 5.75 Å². The summed E-state index contributed by atoms with van der Waals surface area (Å²) in [6.45, 7) is 3.91. The minimum Gasteiger partial charge on any atom is -0.506 e. The third-order valence-corrected chi connectivity index (χ3v) is 3.90. The highest BCUT2D eigenvalue weighted by Crippen LogP contribution is 2.25. The topological polar surface area (TPSA) is 96.8 Å². The maximum atomic E-state index is 9.85. The number of aryl methyl sites for hydroxylation is 2. The average Bonchev–Trinajstić information content (AvgIpc) is 2.57. The average molecular weight is 354 g/mol. The molecule has 0 amide bonds. The van der Waals surface area contributed by atoms with Gasteiger partial charge >= 0.3 is 0 Å². The number of aliphatic imine (C=N–C) groups is 2. The smallest absolute Gasteiger partial charge is 0.253 e. The number of nitrogens with two attached hydrogens (primary N) is 1. The molecule has 1 aromatic heterocycles. The second-order valence-corrected chi connectivity index (χ2v) is 5.94. The van der Waals surface area contributed by atoms with E-state index in [-0.39, 0.29) is 22.7 Å². The molecule has 0 saturated heterocycles. The quantitative estimate of drug-likeness (QED) is 0.542. The first-order chi connectivity index (χ1) is 11.9. The van der Waals surface area contributed by atoms with Crippen molar-refractivity contribution in [3.05, 3.63) is 58.2 Å². The highest BCUT2D eigenvalue weighted by molar-refractivity contribution is 6.32.